The number of rotatable bonds is 3. The number of hydrogen-bond donors (Lipinski definition) is 1. The molecule has 1 amide bonds. The number of hydrogen-bond acceptors (Lipinski definition) is 2. The predicted octanol–water partition coefficient (Wildman–Crippen LogP) is 3.82. The monoisotopic (exact) mass is 296 g/mol. The SMILES string of the molecule is O=C(NCc1cccc(Cl)c1)c1ccc2ncccc2c1. The summed E-state index contributed by atoms with van der Waals surface area (Å²) in [7, 11) is 0. The first-order chi connectivity index (χ1) is 10.2. The van der Waals surface area contributed by atoms with Gasteiger partial charge in [0.05, 0.1) is 5.52 Å². The van der Waals surface area contributed by atoms with Crippen LogP contribution in [0.15, 0.2) is 60.8 Å². The molecule has 0 bridgehead atoms. The van der Waals surface area contributed by atoms with Crippen LogP contribution < -0.4 is 5.32 Å². The third-order valence-corrected chi connectivity index (χ3v) is 3.44. The van der Waals surface area contributed by atoms with Crippen molar-refractivity contribution < 1.29 is 4.79 Å². The number of carbonyl (C=O) groups is 1. The van der Waals surface area contributed by atoms with E-state index in [2.05, 4.69) is 10.3 Å². The van der Waals surface area contributed by atoms with Gasteiger partial charge in [-0.15, -0.1) is 0 Å². The zero-order valence-electron chi connectivity index (χ0n) is 11.2. The van der Waals surface area contributed by atoms with Crippen LogP contribution in [0, 0.1) is 0 Å². The summed E-state index contributed by atoms with van der Waals surface area (Å²) in [5.74, 6) is -0.110. The normalized spacial score (nSPS) is 10.5. The molecular formula is C17H13ClN2O. The van der Waals surface area contributed by atoms with Crippen molar-refractivity contribution in [3.63, 3.8) is 0 Å². The summed E-state index contributed by atoms with van der Waals surface area (Å²) in [5.41, 5.74) is 2.47. The lowest BCUT2D eigenvalue weighted by Crippen LogP contribution is -2.22. The average molecular weight is 297 g/mol. The summed E-state index contributed by atoms with van der Waals surface area (Å²) in [5, 5.41) is 4.51. The lowest BCUT2D eigenvalue weighted by atomic mass is 10.1. The van der Waals surface area contributed by atoms with Crippen LogP contribution in [0.4, 0.5) is 0 Å². The third kappa shape index (κ3) is 3.20. The molecule has 4 heteroatoms. The molecule has 0 unspecified atom stereocenters. The first-order valence-corrected chi connectivity index (χ1v) is 6.97. The van der Waals surface area contributed by atoms with Crippen molar-refractivity contribution in [1.82, 2.24) is 10.3 Å². The van der Waals surface area contributed by atoms with Crippen molar-refractivity contribution in [2.45, 2.75) is 6.54 Å². The Labute approximate surface area is 127 Å². The van der Waals surface area contributed by atoms with Gasteiger partial charge in [-0.05, 0) is 42.0 Å². The number of amides is 1. The largest absolute Gasteiger partial charge is 0.348 e. The number of benzene rings is 2. The number of fused-ring (bicyclic) bond motifs is 1. The van der Waals surface area contributed by atoms with Crippen LogP contribution >= 0.6 is 11.6 Å². The lowest BCUT2D eigenvalue weighted by Gasteiger charge is -2.06. The summed E-state index contributed by atoms with van der Waals surface area (Å²) in [6.45, 7) is 0.449. The summed E-state index contributed by atoms with van der Waals surface area (Å²) in [6, 6.07) is 16.7. The molecule has 0 spiro atoms. The highest BCUT2D eigenvalue weighted by Crippen LogP contribution is 2.14. The molecule has 0 saturated heterocycles. The van der Waals surface area contributed by atoms with Gasteiger partial charge in [-0.25, -0.2) is 0 Å². The van der Waals surface area contributed by atoms with Crippen LogP contribution in [0.2, 0.25) is 5.02 Å². The number of pyridine rings is 1. The number of carbonyl (C=O) groups excluding carboxylic acids is 1. The molecule has 3 aromatic rings. The van der Waals surface area contributed by atoms with Crippen molar-refractivity contribution in [1.29, 1.82) is 0 Å². The van der Waals surface area contributed by atoms with Crippen LogP contribution in [-0.2, 0) is 6.54 Å². The van der Waals surface area contributed by atoms with Crippen molar-refractivity contribution >= 4 is 28.4 Å². The Bertz CT molecular complexity index is 801. The molecule has 104 valence electrons. The maximum atomic E-state index is 12.2. The Morgan fingerprint density at radius 1 is 1.10 bits per heavy atom. The summed E-state index contributed by atoms with van der Waals surface area (Å²) >= 11 is 5.92. The van der Waals surface area contributed by atoms with E-state index in [1.54, 1.807) is 12.3 Å². The van der Waals surface area contributed by atoms with Crippen molar-refractivity contribution in [2.75, 3.05) is 0 Å². The fourth-order valence-corrected chi connectivity index (χ4v) is 2.36. The fraction of sp³-hybridized carbons (Fsp3) is 0.0588. The van der Waals surface area contributed by atoms with Gasteiger partial charge in [0, 0.05) is 28.7 Å². The molecule has 3 nitrogen and oxygen atoms in total. The summed E-state index contributed by atoms with van der Waals surface area (Å²) < 4.78 is 0. The van der Waals surface area contributed by atoms with E-state index in [0.717, 1.165) is 16.5 Å². The van der Waals surface area contributed by atoms with Crippen molar-refractivity contribution in [2.24, 2.45) is 0 Å². The molecule has 0 atom stereocenters. The molecule has 1 aromatic heterocycles. The Balaban J connectivity index is 1.74. The second-order valence-electron chi connectivity index (χ2n) is 4.72. The molecule has 1 N–H and O–H groups in total. The Morgan fingerprint density at radius 2 is 2.00 bits per heavy atom. The topological polar surface area (TPSA) is 42.0 Å². The van der Waals surface area contributed by atoms with Crippen molar-refractivity contribution in [3.8, 4) is 0 Å². The number of nitrogens with one attached hydrogen (secondary N) is 1. The van der Waals surface area contributed by atoms with Gasteiger partial charge in [0.15, 0.2) is 0 Å². The van der Waals surface area contributed by atoms with E-state index < -0.39 is 0 Å². The summed E-state index contributed by atoms with van der Waals surface area (Å²) in [6.07, 6.45) is 1.74. The van der Waals surface area contributed by atoms with Gasteiger partial charge < -0.3 is 5.32 Å². The minimum absolute atomic E-state index is 0.110. The predicted molar refractivity (Wildman–Crippen MR) is 84.4 cm³/mol. The first kappa shape index (κ1) is 13.6. The Hall–Kier alpha value is -2.39. The molecule has 0 saturated carbocycles. The van der Waals surface area contributed by atoms with Gasteiger partial charge in [-0.1, -0.05) is 29.8 Å². The number of halogens is 1. The zero-order valence-corrected chi connectivity index (χ0v) is 12.0. The van der Waals surface area contributed by atoms with Gasteiger partial charge in [0.25, 0.3) is 5.91 Å². The molecule has 21 heavy (non-hydrogen) atoms. The maximum absolute atomic E-state index is 12.2. The quantitative estimate of drug-likeness (QED) is 0.798. The average Bonchev–Trinajstić information content (AvgIpc) is 2.52. The lowest BCUT2D eigenvalue weighted by molar-refractivity contribution is 0.0951. The van der Waals surface area contributed by atoms with Gasteiger partial charge in [-0.3, -0.25) is 9.78 Å². The van der Waals surface area contributed by atoms with Crippen molar-refractivity contribution in [3.05, 3.63) is 76.9 Å². The minimum Gasteiger partial charge on any atom is -0.348 e. The van der Waals surface area contributed by atoms with Crippen LogP contribution in [0.5, 0.6) is 0 Å². The highest BCUT2D eigenvalue weighted by Gasteiger charge is 2.06. The highest BCUT2D eigenvalue weighted by molar-refractivity contribution is 6.30. The zero-order chi connectivity index (χ0) is 14.7. The van der Waals surface area contributed by atoms with E-state index in [1.807, 2.05) is 48.5 Å². The minimum atomic E-state index is -0.110. The van der Waals surface area contributed by atoms with Crippen LogP contribution in [0.3, 0.4) is 0 Å². The van der Waals surface area contributed by atoms with E-state index in [-0.39, 0.29) is 5.91 Å². The molecule has 0 aliphatic heterocycles. The van der Waals surface area contributed by atoms with E-state index in [9.17, 15) is 4.79 Å². The van der Waals surface area contributed by atoms with Gasteiger partial charge >= 0.3 is 0 Å². The van der Waals surface area contributed by atoms with Gasteiger partial charge in [0.2, 0.25) is 0 Å². The van der Waals surface area contributed by atoms with Crippen LogP contribution in [0.25, 0.3) is 10.9 Å². The molecule has 0 fully saturated rings. The number of nitrogens with zero attached hydrogens (tertiary/aromatic N) is 1. The maximum Gasteiger partial charge on any atom is 0.251 e. The second kappa shape index (κ2) is 5.94. The van der Waals surface area contributed by atoms with E-state index in [1.165, 1.54) is 0 Å². The molecule has 0 radical (unpaired) electrons. The van der Waals surface area contributed by atoms with E-state index in [0.29, 0.717) is 17.1 Å². The number of aromatic nitrogens is 1. The van der Waals surface area contributed by atoms with Gasteiger partial charge in [0.1, 0.15) is 0 Å². The molecule has 2 aromatic carbocycles. The smallest absolute Gasteiger partial charge is 0.251 e. The van der Waals surface area contributed by atoms with Crippen LogP contribution in [-0.4, -0.2) is 10.9 Å². The second-order valence-corrected chi connectivity index (χ2v) is 5.16. The van der Waals surface area contributed by atoms with Gasteiger partial charge in [-0.2, -0.15) is 0 Å². The Morgan fingerprint density at radius 3 is 2.86 bits per heavy atom. The van der Waals surface area contributed by atoms with E-state index >= 15 is 0 Å². The van der Waals surface area contributed by atoms with E-state index in [4.69, 9.17) is 11.6 Å². The summed E-state index contributed by atoms with van der Waals surface area (Å²) in [4.78, 5) is 16.4. The van der Waals surface area contributed by atoms with Crippen LogP contribution in [0.1, 0.15) is 15.9 Å². The third-order valence-electron chi connectivity index (χ3n) is 3.21. The molecular weight excluding hydrogens is 284 g/mol. The molecule has 3 rings (SSSR count). The standard InChI is InChI=1S/C17H13ClN2O/c18-15-5-1-3-12(9-15)11-20-17(21)14-6-7-16-13(10-14)4-2-8-19-16/h1-10H,11H2,(H,20,21). The molecule has 0 aliphatic carbocycles. The Kier molecular flexibility index (Phi) is 3.84. The fourth-order valence-electron chi connectivity index (χ4n) is 2.15. The first-order valence-electron chi connectivity index (χ1n) is 6.60. The highest BCUT2D eigenvalue weighted by atomic mass is 35.5. The molecule has 0 aliphatic rings. The molecule has 1 heterocycles.